The third-order valence-electron chi connectivity index (χ3n) is 6.37. The van der Waals surface area contributed by atoms with Gasteiger partial charge in [0.25, 0.3) is 0 Å². The highest BCUT2D eigenvalue weighted by atomic mass is 16.7. The molecule has 218 valence electrons. The molecule has 0 radical (unpaired) electrons. The Morgan fingerprint density at radius 1 is 0.425 bits per heavy atom. The second kappa shape index (κ2) is 16.7. The van der Waals surface area contributed by atoms with Gasteiger partial charge < -0.3 is 49.3 Å². The Hall–Kier alpha value is -3.38. The van der Waals surface area contributed by atoms with E-state index in [1.165, 1.54) is 0 Å². The second-order valence-electron chi connectivity index (χ2n) is 8.82. The van der Waals surface area contributed by atoms with E-state index in [-0.39, 0.29) is 18.9 Å². The van der Waals surface area contributed by atoms with E-state index in [1.807, 2.05) is 36.4 Å². The Balaban J connectivity index is 1.83. The molecule has 0 unspecified atom stereocenters. The van der Waals surface area contributed by atoms with Crippen molar-refractivity contribution in [3.05, 3.63) is 72.8 Å². The maximum Gasteiger partial charge on any atom is 0.173 e. The van der Waals surface area contributed by atoms with Crippen molar-refractivity contribution in [2.45, 2.75) is 18.9 Å². The predicted octanol–water partition coefficient (Wildman–Crippen LogP) is 5.25. The van der Waals surface area contributed by atoms with Crippen LogP contribution in [0.15, 0.2) is 72.8 Å². The van der Waals surface area contributed by atoms with Gasteiger partial charge in [0.05, 0.1) is 19.6 Å². The standard InChI is InChI=1S/C30H42N4O6/c1-35-28(36-2)19-31-22-7-13-25(14-8-22)34(26-15-9-23(10-16-26)32-20-29(37-3)38-4)27-17-11-24(12-18-27)33-21-30(39-5)40-6/h7-18,28-33H,19-21H2,1-6H3. The lowest BCUT2D eigenvalue weighted by atomic mass is 10.1. The molecule has 0 heterocycles. The minimum absolute atomic E-state index is 0.318. The van der Waals surface area contributed by atoms with Crippen LogP contribution in [0.2, 0.25) is 0 Å². The largest absolute Gasteiger partial charge is 0.380 e. The van der Waals surface area contributed by atoms with Crippen LogP contribution >= 0.6 is 0 Å². The van der Waals surface area contributed by atoms with Gasteiger partial charge in [-0.05, 0) is 72.8 Å². The normalized spacial score (nSPS) is 11.3. The second-order valence-corrected chi connectivity index (χ2v) is 8.82. The van der Waals surface area contributed by atoms with E-state index < -0.39 is 0 Å². The van der Waals surface area contributed by atoms with Crippen molar-refractivity contribution < 1.29 is 28.4 Å². The average Bonchev–Trinajstić information content (AvgIpc) is 3.01. The van der Waals surface area contributed by atoms with Crippen LogP contribution in [0, 0.1) is 0 Å². The molecule has 3 aromatic rings. The van der Waals surface area contributed by atoms with Crippen LogP contribution in [0.3, 0.4) is 0 Å². The van der Waals surface area contributed by atoms with Gasteiger partial charge in [0.1, 0.15) is 0 Å². The molecule has 3 rings (SSSR count). The fraction of sp³-hybridized carbons (Fsp3) is 0.400. The van der Waals surface area contributed by atoms with E-state index in [0.717, 1.165) is 34.1 Å². The van der Waals surface area contributed by atoms with Gasteiger partial charge >= 0.3 is 0 Å². The number of nitrogens with zero attached hydrogens (tertiary/aromatic N) is 1. The molecule has 0 amide bonds. The molecule has 10 heteroatoms. The lowest BCUT2D eigenvalue weighted by Gasteiger charge is -2.26. The molecular weight excluding hydrogens is 512 g/mol. The molecule has 0 aliphatic rings. The molecule has 0 atom stereocenters. The number of ether oxygens (including phenoxy) is 6. The summed E-state index contributed by atoms with van der Waals surface area (Å²) in [6.45, 7) is 1.62. The fourth-order valence-electron chi connectivity index (χ4n) is 4.02. The summed E-state index contributed by atoms with van der Waals surface area (Å²) >= 11 is 0. The summed E-state index contributed by atoms with van der Waals surface area (Å²) in [7, 11) is 9.75. The van der Waals surface area contributed by atoms with Gasteiger partial charge in [-0.1, -0.05) is 0 Å². The number of nitrogens with one attached hydrogen (secondary N) is 3. The third-order valence-corrected chi connectivity index (χ3v) is 6.37. The van der Waals surface area contributed by atoms with Crippen molar-refractivity contribution in [1.82, 2.24) is 0 Å². The molecule has 0 aromatic heterocycles. The topological polar surface area (TPSA) is 94.7 Å². The maximum atomic E-state index is 5.27. The van der Waals surface area contributed by atoms with Gasteiger partial charge in [0, 0.05) is 76.8 Å². The summed E-state index contributed by atoms with van der Waals surface area (Å²) < 4.78 is 31.6. The minimum Gasteiger partial charge on any atom is -0.380 e. The van der Waals surface area contributed by atoms with E-state index in [9.17, 15) is 0 Å². The van der Waals surface area contributed by atoms with Gasteiger partial charge in [0.2, 0.25) is 0 Å². The highest BCUT2D eigenvalue weighted by molar-refractivity contribution is 5.78. The maximum absolute atomic E-state index is 5.27. The van der Waals surface area contributed by atoms with Crippen LogP contribution in [0.1, 0.15) is 0 Å². The summed E-state index contributed by atoms with van der Waals surface area (Å²) in [6.07, 6.45) is -0.954. The number of benzene rings is 3. The van der Waals surface area contributed by atoms with E-state index in [1.54, 1.807) is 42.7 Å². The first kappa shape index (κ1) is 31.2. The van der Waals surface area contributed by atoms with Crippen LogP contribution < -0.4 is 20.9 Å². The van der Waals surface area contributed by atoms with Gasteiger partial charge in [0.15, 0.2) is 18.9 Å². The van der Waals surface area contributed by atoms with E-state index in [4.69, 9.17) is 28.4 Å². The number of rotatable bonds is 18. The van der Waals surface area contributed by atoms with Gasteiger partial charge in [-0.15, -0.1) is 0 Å². The van der Waals surface area contributed by atoms with E-state index >= 15 is 0 Å². The van der Waals surface area contributed by atoms with Crippen molar-refractivity contribution in [1.29, 1.82) is 0 Å². The molecule has 0 fully saturated rings. The van der Waals surface area contributed by atoms with Crippen LogP contribution in [-0.2, 0) is 28.4 Å². The molecule has 10 nitrogen and oxygen atoms in total. The first-order valence-electron chi connectivity index (χ1n) is 13.0. The number of hydrogen-bond donors (Lipinski definition) is 3. The highest BCUT2D eigenvalue weighted by Crippen LogP contribution is 2.36. The molecule has 0 saturated heterocycles. The monoisotopic (exact) mass is 554 g/mol. The summed E-state index contributed by atoms with van der Waals surface area (Å²) in [4.78, 5) is 2.20. The van der Waals surface area contributed by atoms with Crippen LogP contribution in [0.25, 0.3) is 0 Å². The third kappa shape index (κ3) is 9.09. The molecule has 0 aliphatic carbocycles. The Kier molecular flexibility index (Phi) is 13.0. The Labute approximate surface area is 237 Å². The van der Waals surface area contributed by atoms with Crippen molar-refractivity contribution in [2.24, 2.45) is 0 Å². The summed E-state index contributed by atoms with van der Waals surface area (Å²) in [5.74, 6) is 0. The molecule has 0 aliphatic heterocycles. The zero-order valence-corrected chi connectivity index (χ0v) is 24.2. The summed E-state index contributed by atoms with van der Waals surface area (Å²) in [5.41, 5.74) is 5.95. The first-order chi connectivity index (χ1) is 19.5. The lowest BCUT2D eigenvalue weighted by molar-refractivity contribution is -0.0915. The first-order valence-corrected chi connectivity index (χ1v) is 13.0. The predicted molar refractivity (Wildman–Crippen MR) is 160 cm³/mol. The van der Waals surface area contributed by atoms with E-state index in [2.05, 4.69) is 57.2 Å². The SMILES string of the molecule is COC(CNc1ccc(N(c2ccc(NCC(OC)OC)cc2)c2ccc(NCC(OC)OC)cc2)cc1)OC. The number of methoxy groups -OCH3 is 6. The molecule has 0 bridgehead atoms. The molecule has 3 N–H and O–H groups in total. The molecule has 0 saturated carbocycles. The van der Waals surface area contributed by atoms with Crippen molar-refractivity contribution in [3.63, 3.8) is 0 Å². The Morgan fingerprint density at radius 2 is 0.650 bits per heavy atom. The van der Waals surface area contributed by atoms with E-state index in [0.29, 0.717) is 19.6 Å². The fourth-order valence-corrected chi connectivity index (χ4v) is 4.02. The van der Waals surface area contributed by atoms with Gasteiger partial charge in [-0.2, -0.15) is 0 Å². The zero-order chi connectivity index (χ0) is 28.7. The quantitative estimate of drug-likeness (QED) is 0.181. The Bertz CT molecular complexity index is 945. The lowest BCUT2D eigenvalue weighted by Crippen LogP contribution is -2.23. The Morgan fingerprint density at radius 3 is 0.850 bits per heavy atom. The minimum atomic E-state index is -0.318. The zero-order valence-electron chi connectivity index (χ0n) is 24.2. The van der Waals surface area contributed by atoms with Crippen LogP contribution in [0.4, 0.5) is 34.1 Å². The van der Waals surface area contributed by atoms with Crippen LogP contribution in [-0.4, -0.2) is 81.2 Å². The number of hydrogen-bond acceptors (Lipinski definition) is 10. The van der Waals surface area contributed by atoms with Gasteiger partial charge in [-0.25, -0.2) is 0 Å². The smallest absolute Gasteiger partial charge is 0.173 e. The summed E-state index contributed by atoms with van der Waals surface area (Å²) in [5, 5.41) is 10.0. The molecule has 40 heavy (non-hydrogen) atoms. The molecule has 0 spiro atoms. The average molecular weight is 555 g/mol. The highest BCUT2D eigenvalue weighted by Gasteiger charge is 2.14. The van der Waals surface area contributed by atoms with Gasteiger partial charge in [-0.3, -0.25) is 0 Å². The van der Waals surface area contributed by atoms with Crippen molar-refractivity contribution >= 4 is 34.1 Å². The molecule has 3 aromatic carbocycles. The molecular formula is C30H42N4O6. The van der Waals surface area contributed by atoms with Crippen molar-refractivity contribution in [3.8, 4) is 0 Å². The summed E-state index contributed by atoms with van der Waals surface area (Å²) in [6, 6.07) is 24.8. The van der Waals surface area contributed by atoms with Crippen LogP contribution in [0.5, 0.6) is 0 Å². The number of anilines is 6. The van der Waals surface area contributed by atoms with Crippen molar-refractivity contribution in [2.75, 3.05) is 83.1 Å².